The van der Waals surface area contributed by atoms with Crippen LogP contribution in [0.1, 0.15) is 38.9 Å². The molecule has 0 aliphatic carbocycles. The lowest BCUT2D eigenvalue weighted by molar-refractivity contribution is 0.0944. The predicted molar refractivity (Wildman–Crippen MR) is 142 cm³/mol. The zero-order valence-corrected chi connectivity index (χ0v) is 20.5. The molecule has 0 fully saturated rings. The number of rotatable bonds is 6. The second-order valence-electron chi connectivity index (χ2n) is 9.22. The average molecular weight is 542 g/mol. The zero-order valence-electron chi connectivity index (χ0n) is 20.5. The summed E-state index contributed by atoms with van der Waals surface area (Å²) >= 11 is 0. The van der Waals surface area contributed by atoms with Crippen molar-refractivity contribution >= 4 is 16.8 Å². The second kappa shape index (κ2) is 9.91. The molecular formula is C30H22O10. The van der Waals surface area contributed by atoms with Crippen LogP contribution in [0, 0.1) is 0 Å². The molecule has 1 atom stereocenters. The standard InChI is InChI=1S/C30H22O10/c31-16-5-1-14(2-6-16)25(15-3-7-17(32)8-4-15)26(30(39)27-21(35)9-18(33)10-22(27)36)20-13-40-24-12-19(34)11-23(37)28(24)29(20)38/h1-13,25-26,31-37H/t26-/m1/s1. The largest absolute Gasteiger partial charge is 0.508 e. The van der Waals surface area contributed by atoms with Gasteiger partial charge in [-0.25, -0.2) is 0 Å². The van der Waals surface area contributed by atoms with Gasteiger partial charge in [0.1, 0.15) is 56.8 Å². The van der Waals surface area contributed by atoms with E-state index in [0.29, 0.717) is 11.1 Å². The van der Waals surface area contributed by atoms with E-state index < -0.39 is 51.6 Å². The van der Waals surface area contributed by atoms with Gasteiger partial charge < -0.3 is 40.2 Å². The van der Waals surface area contributed by atoms with E-state index in [2.05, 4.69) is 0 Å². The monoisotopic (exact) mass is 542 g/mol. The van der Waals surface area contributed by atoms with Crippen molar-refractivity contribution in [3.8, 4) is 40.2 Å². The molecule has 10 heteroatoms. The van der Waals surface area contributed by atoms with Crippen molar-refractivity contribution < 1.29 is 45.0 Å². The first-order valence-electron chi connectivity index (χ1n) is 11.9. The maximum absolute atomic E-state index is 14.3. The van der Waals surface area contributed by atoms with Gasteiger partial charge in [-0.3, -0.25) is 9.59 Å². The van der Waals surface area contributed by atoms with Gasteiger partial charge in [-0.05, 0) is 35.4 Å². The van der Waals surface area contributed by atoms with Gasteiger partial charge in [0.05, 0.1) is 12.2 Å². The minimum absolute atomic E-state index is 0.0696. The van der Waals surface area contributed by atoms with E-state index in [1.54, 1.807) is 0 Å². The molecule has 5 aromatic rings. The van der Waals surface area contributed by atoms with Gasteiger partial charge in [0.2, 0.25) is 0 Å². The molecule has 5 rings (SSSR count). The Balaban J connectivity index is 1.85. The molecule has 0 saturated carbocycles. The fourth-order valence-electron chi connectivity index (χ4n) is 4.87. The van der Waals surface area contributed by atoms with Crippen LogP contribution in [0.2, 0.25) is 0 Å². The van der Waals surface area contributed by atoms with Crippen molar-refractivity contribution in [3.63, 3.8) is 0 Å². The molecule has 1 aromatic heterocycles. The van der Waals surface area contributed by atoms with Crippen molar-refractivity contribution in [1.29, 1.82) is 0 Å². The fraction of sp³-hybridized carbons (Fsp3) is 0.0667. The van der Waals surface area contributed by atoms with Crippen molar-refractivity contribution in [3.05, 3.63) is 112 Å². The molecular weight excluding hydrogens is 520 g/mol. The number of ketones is 1. The van der Waals surface area contributed by atoms with Gasteiger partial charge >= 0.3 is 0 Å². The van der Waals surface area contributed by atoms with E-state index in [0.717, 1.165) is 30.5 Å². The van der Waals surface area contributed by atoms with Crippen LogP contribution in [0.4, 0.5) is 0 Å². The number of Topliss-reactive ketones (excluding diaryl/α,β-unsaturated/α-hetero) is 1. The van der Waals surface area contributed by atoms with Crippen LogP contribution in [-0.4, -0.2) is 41.5 Å². The Bertz CT molecular complexity index is 1740. The summed E-state index contributed by atoms with van der Waals surface area (Å²) in [5, 5.41) is 70.7. The maximum atomic E-state index is 14.3. The zero-order chi connectivity index (χ0) is 28.7. The molecule has 0 spiro atoms. The highest BCUT2D eigenvalue weighted by Crippen LogP contribution is 2.44. The maximum Gasteiger partial charge on any atom is 0.200 e. The van der Waals surface area contributed by atoms with Crippen molar-refractivity contribution in [2.24, 2.45) is 0 Å². The van der Waals surface area contributed by atoms with Gasteiger partial charge in [-0.15, -0.1) is 0 Å². The van der Waals surface area contributed by atoms with Crippen LogP contribution < -0.4 is 5.43 Å². The van der Waals surface area contributed by atoms with Crippen LogP contribution in [0.25, 0.3) is 11.0 Å². The molecule has 1 heterocycles. The third-order valence-electron chi connectivity index (χ3n) is 6.65. The first-order valence-corrected chi connectivity index (χ1v) is 11.9. The lowest BCUT2D eigenvalue weighted by Crippen LogP contribution is -2.27. The number of fused-ring (bicyclic) bond motifs is 1. The van der Waals surface area contributed by atoms with Crippen LogP contribution >= 0.6 is 0 Å². The number of hydrogen-bond acceptors (Lipinski definition) is 10. The minimum atomic E-state index is -1.52. The third-order valence-corrected chi connectivity index (χ3v) is 6.65. The number of phenolic OH excluding ortho intramolecular Hbond substituents is 7. The van der Waals surface area contributed by atoms with Gasteiger partial charge in [0, 0.05) is 35.7 Å². The Morgan fingerprint density at radius 1 is 0.625 bits per heavy atom. The number of aromatic hydroxyl groups is 7. The van der Waals surface area contributed by atoms with Gasteiger partial charge in [0.15, 0.2) is 11.2 Å². The summed E-state index contributed by atoms with van der Waals surface area (Å²) in [6, 6.07) is 15.3. The molecule has 0 unspecified atom stereocenters. The number of benzene rings is 4. The minimum Gasteiger partial charge on any atom is -0.508 e. The van der Waals surface area contributed by atoms with E-state index in [4.69, 9.17) is 4.42 Å². The van der Waals surface area contributed by atoms with Crippen LogP contribution in [0.5, 0.6) is 40.2 Å². The lowest BCUT2D eigenvalue weighted by atomic mass is 9.73. The topological polar surface area (TPSA) is 189 Å². The van der Waals surface area contributed by atoms with Crippen LogP contribution in [-0.2, 0) is 0 Å². The summed E-state index contributed by atoms with van der Waals surface area (Å²) in [4.78, 5) is 28.1. The summed E-state index contributed by atoms with van der Waals surface area (Å²) in [5.74, 6) is -6.60. The molecule has 10 nitrogen and oxygen atoms in total. The number of carbonyl (C=O) groups is 1. The summed E-state index contributed by atoms with van der Waals surface area (Å²) in [6.07, 6.45) is 0.994. The molecule has 40 heavy (non-hydrogen) atoms. The highest BCUT2D eigenvalue weighted by Gasteiger charge is 2.38. The smallest absolute Gasteiger partial charge is 0.200 e. The van der Waals surface area contributed by atoms with E-state index in [9.17, 15) is 45.3 Å². The number of hydrogen-bond donors (Lipinski definition) is 7. The highest BCUT2D eigenvalue weighted by molar-refractivity contribution is 6.06. The van der Waals surface area contributed by atoms with E-state index >= 15 is 0 Å². The van der Waals surface area contributed by atoms with Gasteiger partial charge in [0.25, 0.3) is 0 Å². The third kappa shape index (κ3) is 4.58. The molecule has 4 aromatic carbocycles. The molecule has 0 aliphatic rings. The van der Waals surface area contributed by atoms with Gasteiger partial charge in [-0.1, -0.05) is 24.3 Å². The molecule has 0 saturated heterocycles. The summed E-state index contributed by atoms with van der Waals surface area (Å²) in [7, 11) is 0. The SMILES string of the molecule is O=C(c1c(O)cc(O)cc1O)[C@H](c1coc2cc(O)cc(O)c2c1=O)C(c1ccc(O)cc1)c1ccc(O)cc1. The quantitative estimate of drug-likeness (QED) is 0.150. The molecule has 0 aliphatic heterocycles. The van der Waals surface area contributed by atoms with E-state index in [-0.39, 0.29) is 33.8 Å². The van der Waals surface area contributed by atoms with Crippen LogP contribution in [0.15, 0.2) is 88.3 Å². The van der Waals surface area contributed by atoms with Crippen molar-refractivity contribution in [2.75, 3.05) is 0 Å². The second-order valence-corrected chi connectivity index (χ2v) is 9.22. The Labute approximate surface area is 225 Å². The Morgan fingerprint density at radius 2 is 1.10 bits per heavy atom. The average Bonchev–Trinajstić information content (AvgIpc) is 2.88. The van der Waals surface area contributed by atoms with E-state index in [1.807, 2.05) is 0 Å². The first-order chi connectivity index (χ1) is 19.0. The van der Waals surface area contributed by atoms with Crippen LogP contribution in [0.3, 0.4) is 0 Å². The Morgan fingerprint density at radius 3 is 1.62 bits per heavy atom. The summed E-state index contributed by atoms with van der Waals surface area (Å²) in [5.41, 5.74) is -0.977. The summed E-state index contributed by atoms with van der Waals surface area (Å²) < 4.78 is 5.57. The molecule has 202 valence electrons. The molecule has 7 N–H and O–H groups in total. The first kappa shape index (κ1) is 26.0. The van der Waals surface area contributed by atoms with Gasteiger partial charge in [-0.2, -0.15) is 0 Å². The molecule has 0 radical (unpaired) electrons. The predicted octanol–water partition coefficient (Wildman–Crippen LogP) is 4.53. The van der Waals surface area contributed by atoms with Crippen molar-refractivity contribution in [2.45, 2.75) is 11.8 Å². The van der Waals surface area contributed by atoms with Crippen molar-refractivity contribution in [1.82, 2.24) is 0 Å². The normalized spacial score (nSPS) is 12.0. The summed E-state index contributed by atoms with van der Waals surface area (Å²) in [6.45, 7) is 0. The molecule has 0 amide bonds. The highest BCUT2D eigenvalue weighted by atomic mass is 16.3. The Kier molecular flexibility index (Phi) is 6.44. The Hall–Kier alpha value is -5.64. The number of phenols is 7. The lowest BCUT2D eigenvalue weighted by Gasteiger charge is -2.28. The fourth-order valence-corrected chi connectivity index (χ4v) is 4.87. The molecule has 0 bridgehead atoms. The number of carbonyl (C=O) groups excluding carboxylic acids is 1. The van der Waals surface area contributed by atoms with E-state index in [1.165, 1.54) is 48.5 Å².